The first-order valence-electron chi connectivity index (χ1n) is 4.75. The Morgan fingerprint density at radius 3 is 2.43 bits per heavy atom. The summed E-state index contributed by atoms with van der Waals surface area (Å²) in [6, 6.07) is -0.806. The molecule has 0 aromatic carbocycles. The predicted octanol–water partition coefficient (Wildman–Crippen LogP) is -0.0493. The minimum absolute atomic E-state index is 0.0748. The standard InChI is InChI=1S/C9H18N2O3/c1-3-6(2)8(9(13)14)11-7(12)4-5-10/h6,8H,3-5,10H2,1-2H3,(H,11,12)(H,13,14)/t6-,8-/m0/s1. The van der Waals surface area contributed by atoms with Crippen LogP contribution in [0.25, 0.3) is 0 Å². The molecular formula is C9H18N2O3. The first kappa shape index (κ1) is 12.9. The molecule has 0 aromatic rings. The van der Waals surface area contributed by atoms with Gasteiger partial charge in [0.25, 0.3) is 0 Å². The molecule has 1 amide bonds. The van der Waals surface area contributed by atoms with Gasteiger partial charge in [0.1, 0.15) is 6.04 Å². The number of carbonyl (C=O) groups is 2. The highest BCUT2D eigenvalue weighted by Crippen LogP contribution is 2.07. The molecule has 0 aliphatic carbocycles. The van der Waals surface area contributed by atoms with Gasteiger partial charge in [-0.3, -0.25) is 4.79 Å². The molecule has 0 aromatic heterocycles. The third-order valence-corrected chi connectivity index (χ3v) is 2.17. The van der Waals surface area contributed by atoms with Crippen LogP contribution in [0.3, 0.4) is 0 Å². The van der Waals surface area contributed by atoms with Crippen molar-refractivity contribution in [2.45, 2.75) is 32.7 Å². The summed E-state index contributed by atoms with van der Waals surface area (Å²) in [4.78, 5) is 21.9. The molecule has 0 fully saturated rings. The van der Waals surface area contributed by atoms with Crippen molar-refractivity contribution in [1.82, 2.24) is 5.32 Å². The summed E-state index contributed by atoms with van der Waals surface area (Å²) in [5.41, 5.74) is 5.18. The molecule has 5 nitrogen and oxygen atoms in total. The Balaban J connectivity index is 4.23. The second-order valence-corrected chi connectivity index (χ2v) is 3.31. The topological polar surface area (TPSA) is 92.4 Å². The zero-order valence-corrected chi connectivity index (χ0v) is 8.62. The minimum atomic E-state index is -0.996. The van der Waals surface area contributed by atoms with Gasteiger partial charge in [-0.15, -0.1) is 0 Å². The summed E-state index contributed by atoms with van der Waals surface area (Å²) in [5, 5.41) is 11.3. The molecular weight excluding hydrogens is 184 g/mol. The molecule has 4 N–H and O–H groups in total. The van der Waals surface area contributed by atoms with Crippen molar-refractivity contribution in [1.29, 1.82) is 0 Å². The van der Waals surface area contributed by atoms with Gasteiger partial charge in [0.15, 0.2) is 0 Å². The monoisotopic (exact) mass is 202 g/mol. The summed E-state index contributed by atoms with van der Waals surface area (Å²) in [6.07, 6.45) is 0.875. The van der Waals surface area contributed by atoms with Crippen LogP contribution >= 0.6 is 0 Å². The Morgan fingerprint density at radius 2 is 2.07 bits per heavy atom. The number of nitrogens with two attached hydrogens (primary N) is 1. The number of nitrogens with one attached hydrogen (secondary N) is 1. The van der Waals surface area contributed by atoms with Crippen molar-refractivity contribution in [2.24, 2.45) is 11.7 Å². The van der Waals surface area contributed by atoms with E-state index < -0.39 is 12.0 Å². The highest BCUT2D eigenvalue weighted by molar-refractivity contribution is 5.83. The Bertz CT molecular complexity index is 206. The first-order valence-corrected chi connectivity index (χ1v) is 4.75. The van der Waals surface area contributed by atoms with Crippen LogP contribution in [0.2, 0.25) is 0 Å². The van der Waals surface area contributed by atoms with Gasteiger partial charge in [-0.2, -0.15) is 0 Å². The number of carboxylic acids is 1. The third kappa shape index (κ3) is 4.23. The summed E-state index contributed by atoms with van der Waals surface area (Å²) < 4.78 is 0. The summed E-state index contributed by atoms with van der Waals surface area (Å²) >= 11 is 0. The lowest BCUT2D eigenvalue weighted by molar-refractivity contribution is -0.143. The van der Waals surface area contributed by atoms with E-state index in [0.717, 1.165) is 0 Å². The number of carboxylic acid groups (broad SMARTS) is 1. The molecule has 0 radical (unpaired) electrons. The highest BCUT2D eigenvalue weighted by Gasteiger charge is 2.24. The third-order valence-electron chi connectivity index (χ3n) is 2.17. The smallest absolute Gasteiger partial charge is 0.326 e. The molecule has 0 bridgehead atoms. The highest BCUT2D eigenvalue weighted by atomic mass is 16.4. The molecule has 0 saturated heterocycles. The van der Waals surface area contributed by atoms with Crippen LogP contribution in [-0.2, 0) is 9.59 Å². The van der Waals surface area contributed by atoms with E-state index in [1.54, 1.807) is 6.92 Å². The summed E-state index contributed by atoms with van der Waals surface area (Å²) in [7, 11) is 0. The van der Waals surface area contributed by atoms with E-state index in [1.807, 2.05) is 6.92 Å². The van der Waals surface area contributed by atoms with Crippen LogP contribution in [0.1, 0.15) is 26.7 Å². The van der Waals surface area contributed by atoms with Crippen molar-refractivity contribution in [3.05, 3.63) is 0 Å². The van der Waals surface area contributed by atoms with Crippen molar-refractivity contribution in [2.75, 3.05) is 6.54 Å². The van der Waals surface area contributed by atoms with Gasteiger partial charge >= 0.3 is 5.97 Å². The van der Waals surface area contributed by atoms with Crippen molar-refractivity contribution >= 4 is 11.9 Å². The quantitative estimate of drug-likeness (QED) is 0.563. The number of aliphatic carboxylic acids is 1. The predicted molar refractivity (Wildman–Crippen MR) is 52.7 cm³/mol. The van der Waals surface area contributed by atoms with E-state index in [-0.39, 0.29) is 24.8 Å². The SMILES string of the molecule is CC[C@H](C)[C@H](NC(=O)CCN)C(=O)O. The Hall–Kier alpha value is -1.10. The van der Waals surface area contributed by atoms with Gasteiger partial charge < -0.3 is 16.2 Å². The molecule has 0 saturated carbocycles. The number of hydrogen-bond donors (Lipinski definition) is 3. The van der Waals surface area contributed by atoms with Gasteiger partial charge in [-0.25, -0.2) is 4.79 Å². The van der Waals surface area contributed by atoms with Gasteiger partial charge in [0.2, 0.25) is 5.91 Å². The van der Waals surface area contributed by atoms with Crippen LogP contribution in [0.5, 0.6) is 0 Å². The molecule has 2 atom stereocenters. The van der Waals surface area contributed by atoms with E-state index >= 15 is 0 Å². The molecule has 0 aliphatic rings. The summed E-state index contributed by atoms with van der Waals surface area (Å²) in [5.74, 6) is -1.38. The normalized spacial score (nSPS) is 14.5. The Kier molecular flexibility index (Phi) is 5.87. The molecule has 82 valence electrons. The molecule has 0 rings (SSSR count). The van der Waals surface area contributed by atoms with Gasteiger partial charge in [0.05, 0.1) is 0 Å². The Morgan fingerprint density at radius 1 is 1.50 bits per heavy atom. The second kappa shape index (κ2) is 6.37. The fourth-order valence-electron chi connectivity index (χ4n) is 1.06. The maximum Gasteiger partial charge on any atom is 0.326 e. The van der Waals surface area contributed by atoms with Gasteiger partial charge in [-0.1, -0.05) is 20.3 Å². The fourth-order valence-corrected chi connectivity index (χ4v) is 1.06. The second-order valence-electron chi connectivity index (χ2n) is 3.31. The van der Waals surface area contributed by atoms with E-state index in [4.69, 9.17) is 10.8 Å². The number of amides is 1. The van der Waals surface area contributed by atoms with Crippen LogP contribution in [0, 0.1) is 5.92 Å². The fraction of sp³-hybridized carbons (Fsp3) is 0.778. The average Bonchev–Trinajstić information content (AvgIpc) is 2.13. The van der Waals surface area contributed by atoms with Crippen molar-refractivity contribution in [3.8, 4) is 0 Å². The van der Waals surface area contributed by atoms with Crippen LogP contribution in [0.4, 0.5) is 0 Å². The number of hydrogen-bond acceptors (Lipinski definition) is 3. The molecule has 14 heavy (non-hydrogen) atoms. The van der Waals surface area contributed by atoms with E-state index in [0.29, 0.717) is 6.42 Å². The van der Waals surface area contributed by atoms with Crippen molar-refractivity contribution < 1.29 is 14.7 Å². The zero-order chi connectivity index (χ0) is 11.1. The maximum atomic E-state index is 11.1. The molecule has 0 unspecified atom stereocenters. The number of carbonyl (C=O) groups excluding carboxylic acids is 1. The molecule has 0 heterocycles. The van der Waals surface area contributed by atoms with Crippen LogP contribution in [-0.4, -0.2) is 29.6 Å². The molecule has 0 aliphatic heterocycles. The van der Waals surface area contributed by atoms with E-state index in [1.165, 1.54) is 0 Å². The lowest BCUT2D eigenvalue weighted by Crippen LogP contribution is -2.45. The van der Waals surface area contributed by atoms with Crippen molar-refractivity contribution in [3.63, 3.8) is 0 Å². The van der Waals surface area contributed by atoms with Gasteiger partial charge in [-0.05, 0) is 5.92 Å². The lowest BCUT2D eigenvalue weighted by atomic mass is 9.99. The van der Waals surface area contributed by atoms with E-state index in [2.05, 4.69) is 5.32 Å². The summed E-state index contributed by atoms with van der Waals surface area (Å²) in [6.45, 7) is 3.91. The average molecular weight is 202 g/mol. The zero-order valence-electron chi connectivity index (χ0n) is 8.62. The van der Waals surface area contributed by atoms with Crippen LogP contribution in [0.15, 0.2) is 0 Å². The van der Waals surface area contributed by atoms with Gasteiger partial charge in [0, 0.05) is 13.0 Å². The van der Waals surface area contributed by atoms with Crippen LogP contribution < -0.4 is 11.1 Å². The minimum Gasteiger partial charge on any atom is -0.480 e. The Labute approximate surface area is 83.7 Å². The van der Waals surface area contributed by atoms with E-state index in [9.17, 15) is 9.59 Å². The molecule has 5 heteroatoms. The largest absolute Gasteiger partial charge is 0.480 e. The lowest BCUT2D eigenvalue weighted by Gasteiger charge is -2.19. The first-order chi connectivity index (χ1) is 6.52. The molecule has 0 spiro atoms. The maximum absolute atomic E-state index is 11.1. The number of rotatable bonds is 6.